The topological polar surface area (TPSA) is 340 Å². The van der Waals surface area contributed by atoms with E-state index in [0.717, 1.165) is 13.8 Å². The zero-order valence-electron chi connectivity index (χ0n) is 53.4. The lowest BCUT2D eigenvalue weighted by Gasteiger charge is -2.67. The molecule has 0 radical (unpaired) electrons. The molecular formula is C70H77N3O22. The first kappa shape index (κ1) is 71.3. The van der Waals surface area contributed by atoms with E-state index in [1.54, 1.807) is 78.9 Å². The Labute approximate surface area is 548 Å². The molecule has 0 spiro atoms. The maximum absolute atomic E-state index is 16.4. The fourth-order valence-corrected chi connectivity index (χ4v) is 12.9. The number of rotatable bonds is 27. The van der Waals surface area contributed by atoms with E-state index in [0.29, 0.717) is 30.5 Å². The highest BCUT2D eigenvalue weighted by Gasteiger charge is 2.79. The van der Waals surface area contributed by atoms with Gasteiger partial charge < -0.3 is 68.2 Å². The lowest BCUT2D eigenvalue weighted by molar-refractivity contribution is -0.346. The quantitative estimate of drug-likeness (QED) is 0.0113. The van der Waals surface area contributed by atoms with Crippen molar-refractivity contribution < 1.29 is 106 Å². The number of nitrogens with one attached hydrogen (secondary N) is 3. The summed E-state index contributed by atoms with van der Waals surface area (Å²) in [6, 6.07) is 28.0. The van der Waals surface area contributed by atoms with Crippen LogP contribution in [-0.2, 0) is 87.5 Å². The summed E-state index contributed by atoms with van der Waals surface area (Å²) in [5, 5.41) is 32.5. The zero-order chi connectivity index (χ0) is 68.8. The number of carbonyl (C=O) groups is 10. The van der Waals surface area contributed by atoms with Gasteiger partial charge >= 0.3 is 42.0 Å². The van der Waals surface area contributed by atoms with E-state index in [1.165, 1.54) is 70.2 Å². The van der Waals surface area contributed by atoms with Gasteiger partial charge in [0.05, 0.1) is 30.0 Å². The SMILES string of the molecule is C#CCCCC(O)NCC(=O)Nc1ccc(COC(=O)COCC(=O)O[C@@H](C(=O)O[C@H]2C[C@@]3(O)[C@@H](OC(=O)c4ccccc4)[C@@H]4[C@]5(OC(C)=O)CO[C@@H]5C[C@H](OC(=O)OCC=C)[C@@]4(C)C(=O)[C@H](OC(C)=O)C(=C2C)C3(C)C)C(NC(=O)c2ccccc2)c2ccccc2)cc1. The van der Waals surface area contributed by atoms with Gasteiger partial charge in [-0.3, -0.25) is 29.3 Å². The van der Waals surface area contributed by atoms with Crippen molar-refractivity contribution in [2.75, 3.05) is 38.3 Å². The number of hydrogen-bond acceptors (Lipinski definition) is 23. The number of hydrogen-bond donors (Lipinski definition) is 5. The molecule has 5 N–H and O–H groups in total. The second-order valence-corrected chi connectivity index (χ2v) is 24.2. The van der Waals surface area contributed by atoms with Crippen LogP contribution < -0.4 is 16.0 Å². The number of benzene rings is 4. The third kappa shape index (κ3) is 16.2. The third-order valence-electron chi connectivity index (χ3n) is 17.6. The van der Waals surface area contributed by atoms with E-state index >= 15 is 9.59 Å². The van der Waals surface area contributed by atoms with Gasteiger partial charge in [0.25, 0.3) is 5.91 Å². The normalized spacial score (nSPS) is 24.7. The highest BCUT2D eigenvalue weighted by molar-refractivity contribution is 5.97. The van der Waals surface area contributed by atoms with Crippen LogP contribution in [0.25, 0.3) is 0 Å². The van der Waals surface area contributed by atoms with Gasteiger partial charge in [-0.1, -0.05) is 105 Å². The standard InChI is InChI=1S/C70H77N3O22/c1-9-11-15-28-52(76)71-36-53(77)72-48-31-29-44(30-32-48)37-88-54(78)38-86-39-55(79)93-59(57(45-22-16-12-17-23-45)73-63(81)46-24-18-13-19-25-46)65(83)91-49-35-70(85)62(94-64(82)47-26-20-14-21-27-47)60-68(8,61(80)58(90-42(4)74)56(41(49)3)67(70,6)7)50(92-66(84)87-33-10-2)34-51-69(60,40-89-51)95-43(5)75/h1,10,12-14,16-27,29-32,49-52,57-60,62,71,76,85H,2,11,15,28,33-40H2,3-8H3,(H,72,77)(H,73,81)/t49-,50-,51+,52?,57?,58+,59+,60-,62-,68+,69-,70+/m0/s1. The largest absolute Gasteiger partial charge is 0.508 e. The Hall–Kier alpha value is -9.58. The predicted octanol–water partition coefficient (Wildman–Crippen LogP) is 6.04. The van der Waals surface area contributed by atoms with Gasteiger partial charge in [-0.15, -0.1) is 12.3 Å². The van der Waals surface area contributed by atoms with Crippen molar-refractivity contribution in [2.45, 2.75) is 140 Å². The molecule has 1 heterocycles. The van der Waals surface area contributed by atoms with E-state index in [9.17, 15) is 48.6 Å². The number of anilines is 1. The third-order valence-corrected chi connectivity index (χ3v) is 17.6. The molecule has 2 unspecified atom stereocenters. The number of amides is 2. The minimum absolute atomic E-state index is 0.00793. The summed E-state index contributed by atoms with van der Waals surface area (Å²) in [5.74, 6) is -7.95. The van der Waals surface area contributed by atoms with Crippen LogP contribution in [-0.4, -0.2) is 157 Å². The lowest BCUT2D eigenvalue weighted by atomic mass is 9.44. The first-order chi connectivity index (χ1) is 45.3. The smallest absolute Gasteiger partial charge is 0.459 e. The summed E-state index contributed by atoms with van der Waals surface area (Å²) in [5.41, 5.74) is -7.69. The number of aliphatic hydroxyl groups is 2. The summed E-state index contributed by atoms with van der Waals surface area (Å²) < 4.78 is 59.3. The summed E-state index contributed by atoms with van der Waals surface area (Å²) in [4.78, 5) is 141. The number of ether oxygens (including phenoxy) is 10. The van der Waals surface area contributed by atoms with Crippen molar-refractivity contribution in [2.24, 2.45) is 16.7 Å². The van der Waals surface area contributed by atoms with Gasteiger partial charge in [-0.25, -0.2) is 24.0 Å². The Morgan fingerprint density at radius 2 is 1.45 bits per heavy atom. The Morgan fingerprint density at radius 1 is 0.811 bits per heavy atom. The number of carbonyl (C=O) groups excluding carboxylic acids is 10. The maximum atomic E-state index is 16.4. The number of Topliss-reactive ketones (excluding diaryl/α,β-unsaturated/α-hetero) is 1. The van der Waals surface area contributed by atoms with E-state index in [2.05, 4.69) is 28.4 Å². The molecule has 12 atom stereocenters. The number of aliphatic hydroxyl groups excluding tert-OH is 1. The molecule has 2 bridgehead atoms. The first-order valence-electron chi connectivity index (χ1n) is 30.7. The molecule has 4 aliphatic rings. The van der Waals surface area contributed by atoms with Crippen molar-refractivity contribution >= 4 is 65.3 Å². The van der Waals surface area contributed by atoms with Crippen molar-refractivity contribution in [1.82, 2.24) is 10.6 Å². The lowest BCUT2D eigenvalue weighted by Crippen LogP contribution is -2.82. The van der Waals surface area contributed by atoms with Crippen LogP contribution in [0.5, 0.6) is 0 Å². The van der Waals surface area contributed by atoms with Crippen molar-refractivity contribution in [3.8, 4) is 12.3 Å². The molecule has 2 saturated carbocycles. The average Bonchev–Trinajstić information content (AvgIpc) is 0.669. The van der Waals surface area contributed by atoms with Gasteiger partial charge in [-0.2, -0.15) is 0 Å². The van der Waals surface area contributed by atoms with Crippen LogP contribution in [0, 0.1) is 29.1 Å². The molecule has 8 rings (SSSR count). The molecule has 504 valence electrons. The van der Waals surface area contributed by atoms with Crippen LogP contribution in [0.15, 0.2) is 139 Å². The molecule has 25 nitrogen and oxygen atoms in total. The van der Waals surface area contributed by atoms with Gasteiger partial charge in [-0.05, 0) is 85.4 Å². The molecule has 1 saturated heterocycles. The molecule has 2 amide bonds. The van der Waals surface area contributed by atoms with E-state index in [1.807, 2.05) is 0 Å². The van der Waals surface area contributed by atoms with Crippen LogP contribution in [0.1, 0.15) is 112 Å². The number of fused-ring (bicyclic) bond motifs is 5. The fourth-order valence-electron chi connectivity index (χ4n) is 12.9. The number of terminal acetylenes is 1. The first-order valence-corrected chi connectivity index (χ1v) is 30.7. The fraction of sp³-hybridized carbons (Fsp3) is 0.429. The van der Waals surface area contributed by atoms with Crippen molar-refractivity contribution in [1.29, 1.82) is 0 Å². The van der Waals surface area contributed by atoms with Crippen molar-refractivity contribution in [3.63, 3.8) is 0 Å². The Bertz CT molecular complexity index is 3570. The minimum Gasteiger partial charge on any atom is -0.459 e. The molecule has 4 aromatic rings. The molecular weight excluding hydrogens is 1230 g/mol. The highest BCUT2D eigenvalue weighted by atomic mass is 16.7. The van der Waals surface area contributed by atoms with Crippen LogP contribution in [0.2, 0.25) is 0 Å². The van der Waals surface area contributed by atoms with Crippen LogP contribution >= 0.6 is 0 Å². The molecule has 1 aliphatic heterocycles. The molecule has 4 aromatic carbocycles. The van der Waals surface area contributed by atoms with E-state index < -0.39 is 163 Å². The van der Waals surface area contributed by atoms with Crippen molar-refractivity contribution in [3.05, 3.63) is 161 Å². The van der Waals surface area contributed by atoms with Crippen LogP contribution in [0.3, 0.4) is 0 Å². The molecule has 3 aliphatic carbocycles. The molecule has 0 aromatic heterocycles. The highest BCUT2D eigenvalue weighted by Crippen LogP contribution is 2.65. The second kappa shape index (κ2) is 31.1. The second-order valence-electron chi connectivity index (χ2n) is 24.2. The number of esters is 6. The summed E-state index contributed by atoms with van der Waals surface area (Å²) in [6.07, 6.45) is -6.14. The molecule has 95 heavy (non-hydrogen) atoms. The predicted molar refractivity (Wildman–Crippen MR) is 334 cm³/mol. The van der Waals surface area contributed by atoms with Gasteiger partial charge in [0.2, 0.25) is 12.0 Å². The van der Waals surface area contributed by atoms with E-state index in [4.69, 9.17) is 53.8 Å². The molecule has 25 heteroatoms. The molecule has 3 fully saturated rings. The van der Waals surface area contributed by atoms with Gasteiger partial charge in [0, 0.05) is 49.8 Å². The summed E-state index contributed by atoms with van der Waals surface area (Å²) >= 11 is 0. The maximum Gasteiger partial charge on any atom is 0.508 e. The minimum atomic E-state index is -2.64. The van der Waals surface area contributed by atoms with Crippen LogP contribution in [0.4, 0.5) is 10.5 Å². The monoisotopic (exact) mass is 1310 g/mol. The Morgan fingerprint density at radius 3 is 2.06 bits per heavy atom. The Balaban J connectivity index is 1.13. The Kier molecular flexibility index (Phi) is 23.3. The number of unbranched alkanes of at least 4 members (excludes halogenated alkanes) is 1. The van der Waals surface area contributed by atoms with Gasteiger partial charge in [0.15, 0.2) is 17.5 Å². The van der Waals surface area contributed by atoms with E-state index in [-0.39, 0.29) is 54.0 Å². The summed E-state index contributed by atoms with van der Waals surface area (Å²) in [7, 11) is 0. The van der Waals surface area contributed by atoms with Gasteiger partial charge in [0.1, 0.15) is 68.7 Å². The average molecular weight is 1310 g/mol. The number of ketones is 1. The zero-order valence-corrected chi connectivity index (χ0v) is 53.4. The summed E-state index contributed by atoms with van der Waals surface area (Å²) in [6.45, 7) is 8.47.